The Morgan fingerprint density at radius 1 is 1.04 bits per heavy atom. The molecule has 1 aromatic carbocycles. The molecule has 1 atom stereocenters. The van der Waals surface area contributed by atoms with Gasteiger partial charge in [0.25, 0.3) is 5.91 Å². The summed E-state index contributed by atoms with van der Waals surface area (Å²) in [6.07, 6.45) is 5.15. The van der Waals surface area contributed by atoms with Crippen molar-refractivity contribution in [1.29, 1.82) is 0 Å². The van der Waals surface area contributed by atoms with Crippen LogP contribution in [0.2, 0.25) is 0 Å². The molecule has 0 bridgehead atoms. The highest BCUT2D eigenvalue weighted by Crippen LogP contribution is 2.25. The van der Waals surface area contributed by atoms with Crippen molar-refractivity contribution in [2.24, 2.45) is 5.92 Å². The quantitative estimate of drug-likeness (QED) is 0.877. The summed E-state index contributed by atoms with van der Waals surface area (Å²) in [5, 5.41) is 4.20. The number of aromatic nitrogens is 2. The van der Waals surface area contributed by atoms with E-state index in [-0.39, 0.29) is 29.4 Å². The highest BCUT2D eigenvalue weighted by molar-refractivity contribution is 5.98. The maximum atomic E-state index is 13.1. The number of hydrogen-bond acceptors (Lipinski definition) is 4. The smallest absolute Gasteiger partial charge is 0.259 e. The van der Waals surface area contributed by atoms with Crippen LogP contribution in [0.1, 0.15) is 36.0 Å². The first kappa shape index (κ1) is 18.5. The van der Waals surface area contributed by atoms with Gasteiger partial charge in [-0.05, 0) is 49.9 Å². The second-order valence-corrected chi connectivity index (χ2v) is 7.45. The van der Waals surface area contributed by atoms with Crippen molar-refractivity contribution in [2.75, 3.05) is 31.9 Å². The summed E-state index contributed by atoms with van der Waals surface area (Å²) in [6.45, 7) is 2.65. The molecule has 2 N–H and O–H groups in total. The van der Waals surface area contributed by atoms with E-state index < -0.39 is 0 Å². The van der Waals surface area contributed by atoms with Gasteiger partial charge < -0.3 is 15.5 Å². The number of anilines is 1. The molecule has 2 aliphatic heterocycles. The van der Waals surface area contributed by atoms with Crippen molar-refractivity contribution >= 4 is 17.6 Å². The SMILES string of the molecule is Nc1c(C(=O)N2CCCC(C(=O)N3CCCC3)C2)cnn1-c1ccc(F)cc1. The summed E-state index contributed by atoms with van der Waals surface area (Å²) >= 11 is 0. The molecule has 2 aliphatic rings. The van der Waals surface area contributed by atoms with Gasteiger partial charge in [-0.15, -0.1) is 0 Å². The lowest BCUT2D eigenvalue weighted by atomic mass is 9.96. The summed E-state index contributed by atoms with van der Waals surface area (Å²) in [5.41, 5.74) is 7.05. The van der Waals surface area contributed by atoms with Gasteiger partial charge in [0.1, 0.15) is 17.2 Å². The molecule has 0 aliphatic carbocycles. The number of likely N-dealkylation sites (tertiary alicyclic amines) is 2. The number of nitrogens with zero attached hydrogens (tertiary/aromatic N) is 4. The third-order valence-electron chi connectivity index (χ3n) is 5.58. The fourth-order valence-corrected chi connectivity index (χ4v) is 4.04. The van der Waals surface area contributed by atoms with Crippen molar-refractivity contribution in [3.8, 4) is 5.69 Å². The lowest BCUT2D eigenvalue weighted by Crippen LogP contribution is -2.46. The van der Waals surface area contributed by atoms with E-state index >= 15 is 0 Å². The van der Waals surface area contributed by atoms with Gasteiger partial charge in [0.05, 0.1) is 17.8 Å². The predicted octanol–water partition coefficient (Wildman–Crippen LogP) is 2.07. The summed E-state index contributed by atoms with van der Waals surface area (Å²) in [4.78, 5) is 29.3. The Kier molecular flexibility index (Phi) is 5.02. The van der Waals surface area contributed by atoms with E-state index in [1.165, 1.54) is 23.0 Å². The van der Waals surface area contributed by atoms with Gasteiger partial charge in [-0.2, -0.15) is 5.10 Å². The maximum Gasteiger partial charge on any atom is 0.259 e. The minimum absolute atomic E-state index is 0.149. The molecule has 2 saturated heterocycles. The Labute approximate surface area is 162 Å². The van der Waals surface area contributed by atoms with Gasteiger partial charge in [0, 0.05) is 26.2 Å². The monoisotopic (exact) mass is 385 g/mol. The van der Waals surface area contributed by atoms with Gasteiger partial charge in [-0.25, -0.2) is 9.07 Å². The number of nitrogen functional groups attached to an aromatic ring is 1. The van der Waals surface area contributed by atoms with Crippen LogP contribution < -0.4 is 5.73 Å². The first-order valence-corrected chi connectivity index (χ1v) is 9.72. The molecule has 2 fully saturated rings. The largest absolute Gasteiger partial charge is 0.383 e. The zero-order chi connectivity index (χ0) is 19.7. The van der Waals surface area contributed by atoms with E-state index in [0.717, 1.165) is 38.8 Å². The van der Waals surface area contributed by atoms with Gasteiger partial charge in [0.2, 0.25) is 5.91 Å². The number of hydrogen-bond donors (Lipinski definition) is 1. The first-order valence-electron chi connectivity index (χ1n) is 9.72. The summed E-state index contributed by atoms with van der Waals surface area (Å²) < 4.78 is 14.6. The molecule has 2 aromatic rings. The Morgan fingerprint density at radius 2 is 1.71 bits per heavy atom. The number of rotatable bonds is 3. The Morgan fingerprint density at radius 3 is 2.43 bits per heavy atom. The van der Waals surface area contributed by atoms with Crippen molar-refractivity contribution in [2.45, 2.75) is 25.7 Å². The molecular weight excluding hydrogens is 361 g/mol. The van der Waals surface area contributed by atoms with Gasteiger partial charge in [-0.3, -0.25) is 9.59 Å². The summed E-state index contributed by atoms with van der Waals surface area (Å²) in [7, 11) is 0. The number of carbonyl (C=O) groups excluding carboxylic acids is 2. The summed E-state index contributed by atoms with van der Waals surface area (Å²) in [5.74, 6) is -0.351. The van der Waals surface area contributed by atoms with Gasteiger partial charge >= 0.3 is 0 Å². The number of amides is 2. The summed E-state index contributed by atoms with van der Waals surface area (Å²) in [6, 6.07) is 5.74. The van der Waals surface area contributed by atoms with Crippen LogP contribution in [-0.4, -0.2) is 57.6 Å². The lowest BCUT2D eigenvalue weighted by molar-refractivity contribution is -0.135. The zero-order valence-corrected chi connectivity index (χ0v) is 15.7. The third kappa shape index (κ3) is 3.46. The first-order chi connectivity index (χ1) is 13.5. The van der Waals surface area contributed by atoms with Crippen LogP contribution in [0.15, 0.2) is 30.5 Å². The van der Waals surface area contributed by atoms with E-state index in [1.807, 2.05) is 4.90 Å². The molecule has 7 nitrogen and oxygen atoms in total. The average molecular weight is 385 g/mol. The molecule has 0 spiro atoms. The van der Waals surface area contributed by atoms with E-state index in [2.05, 4.69) is 5.10 Å². The Balaban J connectivity index is 1.49. The Bertz CT molecular complexity index is 873. The van der Waals surface area contributed by atoms with Crippen LogP contribution in [0.4, 0.5) is 10.2 Å². The minimum Gasteiger partial charge on any atom is -0.383 e. The van der Waals surface area contributed by atoms with Crippen LogP contribution in [0.3, 0.4) is 0 Å². The molecule has 8 heteroatoms. The normalized spacial score (nSPS) is 19.8. The van der Waals surface area contributed by atoms with Crippen molar-refractivity contribution in [3.05, 3.63) is 41.8 Å². The standard InChI is InChI=1S/C20H24FN5O2/c21-15-5-7-16(8-6-15)26-18(22)17(12-23-26)20(28)25-11-3-4-14(13-25)19(27)24-9-1-2-10-24/h5-8,12,14H,1-4,9-11,13,22H2. The molecule has 3 heterocycles. The number of carbonyl (C=O) groups is 2. The molecule has 2 amide bonds. The molecule has 0 saturated carbocycles. The maximum absolute atomic E-state index is 13.1. The highest BCUT2D eigenvalue weighted by atomic mass is 19.1. The molecule has 1 aromatic heterocycles. The second kappa shape index (κ2) is 7.61. The van der Waals surface area contributed by atoms with Crippen LogP contribution in [0.5, 0.6) is 0 Å². The third-order valence-corrected chi connectivity index (χ3v) is 5.58. The van der Waals surface area contributed by atoms with Crippen molar-refractivity contribution in [3.63, 3.8) is 0 Å². The molecular formula is C20H24FN5O2. The van der Waals surface area contributed by atoms with Gasteiger partial charge in [0.15, 0.2) is 0 Å². The van der Waals surface area contributed by atoms with Crippen LogP contribution in [0, 0.1) is 11.7 Å². The van der Waals surface area contributed by atoms with E-state index in [9.17, 15) is 14.0 Å². The molecule has 28 heavy (non-hydrogen) atoms. The van der Waals surface area contributed by atoms with Crippen LogP contribution >= 0.6 is 0 Å². The van der Waals surface area contributed by atoms with E-state index in [4.69, 9.17) is 5.73 Å². The van der Waals surface area contributed by atoms with E-state index in [0.29, 0.717) is 24.3 Å². The minimum atomic E-state index is -0.354. The molecule has 4 rings (SSSR count). The lowest BCUT2D eigenvalue weighted by Gasteiger charge is -2.33. The molecule has 1 unspecified atom stereocenters. The molecule has 0 radical (unpaired) electrons. The van der Waals surface area contributed by atoms with Crippen LogP contribution in [-0.2, 0) is 4.79 Å². The highest BCUT2D eigenvalue weighted by Gasteiger charge is 2.33. The van der Waals surface area contributed by atoms with Crippen molar-refractivity contribution < 1.29 is 14.0 Å². The van der Waals surface area contributed by atoms with E-state index in [1.54, 1.807) is 17.0 Å². The zero-order valence-electron chi connectivity index (χ0n) is 15.7. The number of benzene rings is 1. The number of piperidine rings is 1. The van der Waals surface area contributed by atoms with Crippen LogP contribution in [0.25, 0.3) is 5.69 Å². The topological polar surface area (TPSA) is 84.5 Å². The average Bonchev–Trinajstić information content (AvgIpc) is 3.38. The number of halogens is 1. The predicted molar refractivity (Wildman–Crippen MR) is 102 cm³/mol. The molecule has 148 valence electrons. The Hall–Kier alpha value is -2.90. The second-order valence-electron chi connectivity index (χ2n) is 7.45. The fourth-order valence-electron chi connectivity index (χ4n) is 4.04. The van der Waals surface area contributed by atoms with Crippen molar-refractivity contribution in [1.82, 2.24) is 19.6 Å². The number of nitrogens with two attached hydrogens (primary N) is 1. The van der Waals surface area contributed by atoms with Gasteiger partial charge in [-0.1, -0.05) is 0 Å². The fraction of sp³-hybridized carbons (Fsp3) is 0.450.